The number of rotatable bonds is 7. The van der Waals surface area contributed by atoms with Crippen LogP contribution in [0, 0.1) is 0 Å². The van der Waals surface area contributed by atoms with Gasteiger partial charge in [-0.3, -0.25) is 9.97 Å². The lowest BCUT2D eigenvalue weighted by atomic mass is 10.2. The quantitative estimate of drug-likeness (QED) is 0.784. The Morgan fingerprint density at radius 3 is 2.47 bits per heavy atom. The molecule has 0 bridgehead atoms. The maximum atomic E-state index is 4.31. The van der Waals surface area contributed by atoms with Gasteiger partial charge in [0.2, 0.25) is 0 Å². The molecule has 4 heteroatoms. The molecule has 0 fully saturated rings. The van der Waals surface area contributed by atoms with Gasteiger partial charge in [-0.15, -0.1) is 0 Å². The van der Waals surface area contributed by atoms with E-state index in [1.54, 1.807) is 12.4 Å². The molecule has 0 aromatic carbocycles. The summed E-state index contributed by atoms with van der Waals surface area (Å²) >= 11 is 0. The maximum Gasteiger partial charge on any atom is 0.0753 e. The van der Waals surface area contributed by atoms with Crippen molar-refractivity contribution in [2.75, 3.05) is 19.6 Å². The van der Waals surface area contributed by atoms with Crippen LogP contribution in [0.15, 0.2) is 18.6 Å². The van der Waals surface area contributed by atoms with Crippen molar-refractivity contribution < 1.29 is 0 Å². The second-order valence-corrected chi connectivity index (χ2v) is 4.41. The molecule has 17 heavy (non-hydrogen) atoms. The summed E-state index contributed by atoms with van der Waals surface area (Å²) < 4.78 is 0. The number of nitrogens with one attached hydrogen (secondary N) is 1. The molecule has 0 aliphatic heterocycles. The van der Waals surface area contributed by atoms with Crippen molar-refractivity contribution in [3.05, 3.63) is 24.3 Å². The van der Waals surface area contributed by atoms with Crippen molar-refractivity contribution >= 4 is 0 Å². The average Bonchev–Trinajstić information content (AvgIpc) is 2.37. The first kappa shape index (κ1) is 14.1. The Labute approximate surface area is 104 Å². The Hall–Kier alpha value is -1.00. The van der Waals surface area contributed by atoms with Gasteiger partial charge in [0.05, 0.1) is 5.69 Å². The van der Waals surface area contributed by atoms with Crippen LogP contribution < -0.4 is 5.32 Å². The van der Waals surface area contributed by atoms with Crippen molar-refractivity contribution in [3.8, 4) is 0 Å². The van der Waals surface area contributed by atoms with E-state index in [2.05, 4.69) is 47.9 Å². The lowest BCUT2D eigenvalue weighted by Crippen LogP contribution is -2.40. The predicted octanol–water partition coefficient (Wildman–Crippen LogP) is 1.86. The van der Waals surface area contributed by atoms with Crippen molar-refractivity contribution in [2.45, 2.75) is 39.8 Å². The van der Waals surface area contributed by atoms with E-state index in [9.17, 15) is 0 Å². The zero-order valence-corrected chi connectivity index (χ0v) is 11.3. The smallest absolute Gasteiger partial charge is 0.0753 e. The number of hydrogen-bond donors (Lipinski definition) is 1. The number of hydrogen-bond acceptors (Lipinski definition) is 4. The molecule has 0 aliphatic rings. The first-order chi connectivity index (χ1) is 8.17. The number of aromatic nitrogens is 2. The highest BCUT2D eigenvalue weighted by Gasteiger charge is 2.12. The van der Waals surface area contributed by atoms with Crippen LogP contribution in [0.1, 0.15) is 39.4 Å². The van der Waals surface area contributed by atoms with Crippen molar-refractivity contribution in [3.63, 3.8) is 0 Å². The van der Waals surface area contributed by atoms with Crippen LogP contribution in [0.25, 0.3) is 0 Å². The Balaban J connectivity index is 2.43. The fourth-order valence-electron chi connectivity index (χ4n) is 1.97. The van der Waals surface area contributed by atoms with Gasteiger partial charge < -0.3 is 10.2 Å². The summed E-state index contributed by atoms with van der Waals surface area (Å²) in [6.07, 6.45) is 5.26. The Morgan fingerprint density at radius 1 is 1.24 bits per heavy atom. The van der Waals surface area contributed by atoms with Crippen molar-refractivity contribution in [1.29, 1.82) is 0 Å². The summed E-state index contributed by atoms with van der Waals surface area (Å²) in [4.78, 5) is 10.8. The highest BCUT2D eigenvalue weighted by atomic mass is 15.1. The lowest BCUT2D eigenvalue weighted by Gasteiger charge is -2.25. The third-order valence-corrected chi connectivity index (χ3v) is 2.99. The molecule has 0 saturated heterocycles. The van der Waals surface area contributed by atoms with E-state index in [4.69, 9.17) is 0 Å². The van der Waals surface area contributed by atoms with E-state index in [0.29, 0.717) is 6.04 Å². The van der Waals surface area contributed by atoms with Gasteiger partial charge >= 0.3 is 0 Å². The normalized spacial score (nSPS) is 14.9. The fraction of sp³-hybridized carbons (Fsp3) is 0.692. The molecule has 1 aromatic rings. The summed E-state index contributed by atoms with van der Waals surface area (Å²) in [6.45, 7) is 12.0. The molecule has 1 N–H and O–H groups in total. The molecule has 1 rings (SSSR count). The fourth-order valence-corrected chi connectivity index (χ4v) is 1.97. The van der Waals surface area contributed by atoms with Gasteiger partial charge in [0.25, 0.3) is 0 Å². The van der Waals surface area contributed by atoms with Gasteiger partial charge in [0.1, 0.15) is 0 Å². The summed E-state index contributed by atoms with van der Waals surface area (Å²) in [6, 6.07) is 0.696. The summed E-state index contributed by atoms with van der Waals surface area (Å²) in [5.41, 5.74) is 0.999. The van der Waals surface area contributed by atoms with Crippen LogP contribution in [-0.2, 0) is 0 Å². The molecule has 2 unspecified atom stereocenters. The minimum atomic E-state index is 0.245. The van der Waals surface area contributed by atoms with E-state index in [1.165, 1.54) is 0 Å². The molecular weight excluding hydrogens is 212 g/mol. The van der Waals surface area contributed by atoms with E-state index in [0.717, 1.165) is 25.3 Å². The molecule has 0 amide bonds. The van der Waals surface area contributed by atoms with E-state index in [-0.39, 0.29) is 6.04 Å². The molecule has 0 saturated carbocycles. The van der Waals surface area contributed by atoms with Crippen LogP contribution in [0.4, 0.5) is 0 Å². The minimum absolute atomic E-state index is 0.245. The van der Waals surface area contributed by atoms with E-state index >= 15 is 0 Å². The first-order valence-electron chi connectivity index (χ1n) is 6.41. The molecular formula is C13H24N4. The average molecular weight is 236 g/mol. The van der Waals surface area contributed by atoms with Crippen LogP contribution in [-0.4, -0.2) is 40.5 Å². The first-order valence-corrected chi connectivity index (χ1v) is 6.41. The summed E-state index contributed by atoms with van der Waals surface area (Å²) in [5.74, 6) is 0. The van der Waals surface area contributed by atoms with Gasteiger partial charge in [-0.05, 0) is 26.9 Å². The van der Waals surface area contributed by atoms with Crippen molar-refractivity contribution in [2.24, 2.45) is 0 Å². The van der Waals surface area contributed by atoms with Gasteiger partial charge in [0.15, 0.2) is 0 Å². The molecule has 96 valence electrons. The molecule has 0 spiro atoms. The minimum Gasteiger partial charge on any atom is -0.305 e. The number of likely N-dealkylation sites (N-methyl/N-ethyl adjacent to an activating group) is 1. The molecule has 1 aromatic heterocycles. The largest absolute Gasteiger partial charge is 0.305 e. The van der Waals surface area contributed by atoms with Gasteiger partial charge in [-0.2, -0.15) is 0 Å². The third kappa shape index (κ3) is 4.79. The second kappa shape index (κ2) is 7.35. The molecule has 4 nitrogen and oxygen atoms in total. The topological polar surface area (TPSA) is 41.0 Å². The highest BCUT2D eigenvalue weighted by molar-refractivity contribution is 5.01. The van der Waals surface area contributed by atoms with Crippen LogP contribution >= 0.6 is 0 Å². The van der Waals surface area contributed by atoms with Gasteiger partial charge in [-0.1, -0.05) is 13.8 Å². The van der Waals surface area contributed by atoms with Gasteiger partial charge in [0, 0.05) is 37.2 Å². The third-order valence-electron chi connectivity index (χ3n) is 2.99. The van der Waals surface area contributed by atoms with Crippen LogP contribution in [0.5, 0.6) is 0 Å². The monoisotopic (exact) mass is 236 g/mol. The van der Waals surface area contributed by atoms with Crippen molar-refractivity contribution in [1.82, 2.24) is 20.2 Å². The van der Waals surface area contributed by atoms with E-state index in [1.807, 2.05) is 6.20 Å². The van der Waals surface area contributed by atoms with Gasteiger partial charge in [-0.25, -0.2) is 0 Å². The summed E-state index contributed by atoms with van der Waals surface area (Å²) in [5, 5.41) is 3.55. The van der Waals surface area contributed by atoms with Crippen LogP contribution in [0.3, 0.4) is 0 Å². The standard InChI is InChI=1S/C13H24N4/c1-5-17(6-2)10-11(3)16-12(4)13-9-14-7-8-15-13/h7-9,11-12,16H,5-6,10H2,1-4H3. The summed E-state index contributed by atoms with van der Waals surface area (Å²) in [7, 11) is 0. The predicted molar refractivity (Wildman–Crippen MR) is 70.8 cm³/mol. The molecule has 0 aliphatic carbocycles. The molecule has 0 radical (unpaired) electrons. The molecule has 1 heterocycles. The second-order valence-electron chi connectivity index (χ2n) is 4.41. The lowest BCUT2D eigenvalue weighted by molar-refractivity contribution is 0.263. The Morgan fingerprint density at radius 2 is 1.94 bits per heavy atom. The van der Waals surface area contributed by atoms with E-state index < -0.39 is 0 Å². The Bertz CT molecular complexity index is 298. The highest BCUT2D eigenvalue weighted by Crippen LogP contribution is 2.08. The molecule has 2 atom stereocenters. The zero-order chi connectivity index (χ0) is 12.7. The zero-order valence-electron chi connectivity index (χ0n) is 11.3. The SMILES string of the molecule is CCN(CC)CC(C)NC(C)c1cnccn1. The Kier molecular flexibility index (Phi) is 6.08. The van der Waals surface area contributed by atoms with Crippen LogP contribution in [0.2, 0.25) is 0 Å². The number of nitrogens with zero attached hydrogens (tertiary/aromatic N) is 3. The maximum absolute atomic E-state index is 4.31.